The van der Waals surface area contributed by atoms with Gasteiger partial charge >= 0.3 is 5.97 Å². The van der Waals surface area contributed by atoms with E-state index in [1.54, 1.807) is 26.2 Å². The molecule has 0 fully saturated rings. The predicted molar refractivity (Wildman–Crippen MR) is 106 cm³/mol. The van der Waals surface area contributed by atoms with Gasteiger partial charge in [0.25, 0.3) is 0 Å². The molecule has 0 saturated carbocycles. The van der Waals surface area contributed by atoms with Gasteiger partial charge in [-0.3, -0.25) is 14.5 Å². The molecule has 1 amide bonds. The van der Waals surface area contributed by atoms with Crippen LogP contribution in [-0.4, -0.2) is 29.3 Å². The zero-order chi connectivity index (χ0) is 20.0. The molecule has 0 saturated heterocycles. The summed E-state index contributed by atoms with van der Waals surface area (Å²) in [4.78, 5) is 41.4. The summed E-state index contributed by atoms with van der Waals surface area (Å²) in [6.45, 7) is 6.50. The second-order valence-corrected chi connectivity index (χ2v) is 7.70. The third-order valence-electron chi connectivity index (χ3n) is 3.60. The number of esters is 1. The van der Waals surface area contributed by atoms with Crippen LogP contribution in [0.25, 0.3) is 6.08 Å². The third-order valence-corrected chi connectivity index (χ3v) is 4.45. The van der Waals surface area contributed by atoms with Gasteiger partial charge in [-0.05, 0) is 18.2 Å². The third kappa shape index (κ3) is 5.86. The van der Waals surface area contributed by atoms with Crippen LogP contribution in [-0.2, 0) is 19.1 Å². The second kappa shape index (κ2) is 8.73. The molecule has 142 valence electrons. The van der Waals surface area contributed by atoms with Crippen LogP contribution in [0, 0.1) is 5.41 Å². The van der Waals surface area contributed by atoms with E-state index in [-0.39, 0.29) is 18.3 Å². The number of ether oxygens (including phenoxy) is 1. The Hall–Kier alpha value is -2.80. The summed E-state index contributed by atoms with van der Waals surface area (Å²) >= 11 is 1.29. The number of para-hydroxylation sites is 1. The lowest BCUT2D eigenvalue weighted by atomic mass is 9.91. The van der Waals surface area contributed by atoms with Gasteiger partial charge in [-0.2, -0.15) is 0 Å². The SMILES string of the molecule is CC(=O)N(c1ccccc1)c1nc(/C=C/C(=O)OCC(=O)C(C)(C)C)cs1. The summed E-state index contributed by atoms with van der Waals surface area (Å²) in [6.07, 6.45) is 2.71. The average molecular weight is 386 g/mol. The Morgan fingerprint density at radius 1 is 1.19 bits per heavy atom. The Morgan fingerprint density at radius 2 is 1.85 bits per heavy atom. The van der Waals surface area contributed by atoms with Crippen LogP contribution >= 0.6 is 11.3 Å². The number of hydrogen-bond acceptors (Lipinski definition) is 6. The zero-order valence-corrected chi connectivity index (χ0v) is 16.6. The Morgan fingerprint density at radius 3 is 2.44 bits per heavy atom. The van der Waals surface area contributed by atoms with Crippen LogP contribution in [0.3, 0.4) is 0 Å². The van der Waals surface area contributed by atoms with Crippen molar-refractivity contribution in [1.82, 2.24) is 4.98 Å². The maximum Gasteiger partial charge on any atom is 0.331 e. The summed E-state index contributed by atoms with van der Waals surface area (Å²) in [7, 11) is 0. The fraction of sp³-hybridized carbons (Fsp3) is 0.300. The topological polar surface area (TPSA) is 76.6 Å². The lowest BCUT2D eigenvalue weighted by Gasteiger charge is -2.17. The highest BCUT2D eigenvalue weighted by Crippen LogP contribution is 2.29. The molecule has 27 heavy (non-hydrogen) atoms. The van der Waals surface area contributed by atoms with Gasteiger partial charge in [0, 0.05) is 23.8 Å². The molecule has 0 unspecified atom stereocenters. The van der Waals surface area contributed by atoms with E-state index < -0.39 is 11.4 Å². The van der Waals surface area contributed by atoms with Gasteiger partial charge in [0.2, 0.25) is 5.91 Å². The monoisotopic (exact) mass is 386 g/mol. The van der Waals surface area contributed by atoms with E-state index in [1.165, 1.54) is 35.3 Å². The number of amides is 1. The fourth-order valence-corrected chi connectivity index (χ4v) is 2.87. The quantitative estimate of drug-likeness (QED) is 0.554. The Labute approximate surface area is 162 Å². The molecule has 1 aromatic carbocycles. The van der Waals surface area contributed by atoms with E-state index >= 15 is 0 Å². The summed E-state index contributed by atoms with van der Waals surface area (Å²) < 4.78 is 4.95. The van der Waals surface area contributed by atoms with Crippen molar-refractivity contribution in [1.29, 1.82) is 0 Å². The standard InChI is InChI=1S/C20H22N2O4S/c1-14(23)22(16-8-6-5-7-9-16)19-21-15(13-27-19)10-11-18(25)26-12-17(24)20(2,3)4/h5-11,13H,12H2,1-4H3/b11-10+. The van der Waals surface area contributed by atoms with Crippen molar-refractivity contribution in [2.24, 2.45) is 5.41 Å². The molecule has 0 radical (unpaired) electrons. The van der Waals surface area contributed by atoms with Crippen molar-refractivity contribution < 1.29 is 19.1 Å². The number of benzene rings is 1. The number of aromatic nitrogens is 1. The molecule has 1 aromatic heterocycles. The molecule has 0 spiro atoms. The zero-order valence-electron chi connectivity index (χ0n) is 15.8. The Bertz CT molecular complexity index is 850. The molecule has 0 aliphatic rings. The van der Waals surface area contributed by atoms with E-state index in [0.29, 0.717) is 10.8 Å². The van der Waals surface area contributed by atoms with Gasteiger partial charge in [-0.15, -0.1) is 11.3 Å². The first kappa shape index (κ1) is 20.5. The summed E-state index contributed by atoms with van der Waals surface area (Å²) in [5, 5.41) is 2.24. The van der Waals surface area contributed by atoms with Crippen LogP contribution in [0.4, 0.5) is 10.8 Å². The highest BCUT2D eigenvalue weighted by atomic mass is 32.1. The molecule has 0 aliphatic heterocycles. The number of carbonyl (C=O) groups is 3. The molecule has 0 aliphatic carbocycles. The van der Waals surface area contributed by atoms with Gasteiger partial charge in [-0.1, -0.05) is 39.0 Å². The van der Waals surface area contributed by atoms with Gasteiger partial charge in [0.1, 0.15) is 0 Å². The second-order valence-electron chi connectivity index (χ2n) is 6.86. The van der Waals surface area contributed by atoms with Crippen LogP contribution in [0.15, 0.2) is 41.8 Å². The van der Waals surface area contributed by atoms with E-state index in [1.807, 2.05) is 30.3 Å². The number of hydrogen-bond donors (Lipinski definition) is 0. The minimum Gasteiger partial charge on any atom is -0.455 e. The molecule has 2 rings (SSSR count). The van der Waals surface area contributed by atoms with Crippen molar-refractivity contribution in [3.63, 3.8) is 0 Å². The molecule has 2 aromatic rings. The minimum absolute atomic E-state index is 0.153. The minimum atomic E-state index is -0.617. The molecule has 7 heteroatoms. The number of thiazole rings is 1. The number of nitrogens with zero attached hydrogens (tertiary/aromatic N) is 2. The van der Waals surface area contributed by atoms with Crippen LogP contribution in [0.5, 0.6) is 0 Å². The molecule has 0 bridgehead atoms. The first-order valence-corrected chi connectivity index (χ1v) is 9.26. The number of anilines is 2. The molecular formula is C20H22N2O4S. The first-order valence-electron chi connectivity index (χ1n) is 8.38. The van der Waals surface area contributed by atoms with Gasteiger partial charge in [0.15, 0.2) is 17.5 Å². The number of rotatable bonds is 6. The van der Waals surface area contributed by atoms with E-state index in [9.17, 15) is 14.4 Å². The maximum absolute atomic E-state index is 12.0. The van der Waals surface area contributed by atoms with E-state index in [0.717, 1.165) is 5.69 Å². The highest BCUT2D eigenvalue weighted by Gasteiger charge is 2.22. The smallest absolute Gasteiger partial charge is 0.331 e. The summed E-state index contributed by atoms with van der Waals surface area (Å²) in [6, 6.07) is 9.20. The van der Waals surface area contributed by atoms with Gasteiger partial charge in [-0.25, -0.2) is 9.78 Å². The van der Waals surface area contributed by atoms with Crippen molar-refractivity contribution in [2.45, 2.75) is 27.7 Å². The Kier molecular flexibility index (Phi) is 6.63. The normalized spacial score (nSPS) is 11.4. The highest BCUT2D eigenvalue weighted by molar-refractivity contribution is 7.14. The first-order chi connectivity index (χ1) is 12.7. The van der Waals surface area contributed by atoms with Crippen molar-refractivity contribution in [2.75, 3.05) is 11.5 Å². The summed E-state index contributed by atoms with van der Waals surface area (Å²) in [5.74, 6) is -0.931. The van der Waals surface area contributed by atoms with E-state index in [2.05, 4.69) is 4.98 Å². The predicted octanol–water partition coefficient (Wildman–Crippen LogP) is 4.00. The summed E-state index contributed by atoms with van der Waals surface area (Å²) in [5.41, 5.74) is 0.688. The van der Waals surface area contributed by atoms with E-state index in [4.69, 9.17) is 4.74 Å². The van der Waals surface area contributed by atoms with Crippen LogP contribution in [0.2, 0.25) is 0 Å². The van der Waals surface area contributed by atoms with Gasteiger partial charge < -0.3 is 4.74 Å². The number of Topliss-reactive ketones (excluding diaryl/α,β-unsaturated/α-hetero) is 1. The van der Waals surface area contributed by atoms with Crippen molar-refractivity contribution in [3.8, 4) is 0 Å². The molecule has 0 atom stereocenters. The molecule has 0 N–H and O–H groups in total. The fourth-order valence-electron chi connectivity index (χ4n) is 2.01. The largest absolute Gasteiger partial charge is 0.455 e. The van der Waals surface area contributed by atoms with Crippen LogP contribution < -0.4 is 4.90 Å². The number of carbonyl (C=O) groups excluding carboxylic acids is 3. The lowest BCUT2D eigenvalue weighted by molar-refractivity contribution is -0.145. The van der Waals surface area contributed by atoms with Crippen molar-refractivity contribution >= 4 is 45.9 Å². The molecule has 6 nitrogen and oxygen atoms in total. The lowest BCUT2D eigenvalue weighted by Crippen LogP contribution is -2.25. The molecular weight excluding hydrogens is 364 g/mol. The van der Waals surface area contributed by atoms with Gasteiger partial charge in [0.05, 0.1) is 11.4 Å². The number of ketones is 1. The average Bonchev–Trinajstić information content (AvgIpc) is 3.06. The maximum atomic E-state index is 12.0. The Balaban J connectivity index is 2.04. The molecule has 1 heterocycles. The van der Waals surface area contributed by atoms with Crippen molar-refractivity contribution in [3.05, 3.63) is 47.5 Å². The van der Waals surface area contributed by atoms with Crippen LogP contribution in [0.1, 0.15) is 33.4 Å².